The molecule has 5 nitrogen and oxygen atoms in total. The number of nitrogens with zero attached hydrogens (tertiary/aromatic N) is 1. The van der Waals surface area contributed by atoms with Crippen molar-refractivity contribution in [2.75, 3.05) is 5.32 Å². The lowest BCUT2D eigenvalue weighted by molar-refractivity contribution is -0.116. The van der Waals surface area contributed by atoms with E-state index in [9.17, 15) is 14.0 Å². The number of hydrogen-bond acceptors (Lipinski definition) is 4. The molecule has 0 fully saturated rings. The summed E-state index contributed by atoms with van der Waals surface area (Å²) in [5, 5.41) is 8.02. The summed E-state index contributed by atoms with van der Waals surface area (Å²) in [6.07, 6.45) is 1.61. The van der Waals surface area contributed by atoms with Crippen LogP contribution in [0.15, 0.2) is 53.9 Å². The Morgan fingerprint density at radius 1 is 1.14 bits per heavy atom. The number of hydrogen-bond donors (Lipinski definition) is 2. The van der Waals surface area contributed by atoms with E-state index in [2.05, 4.69) is 15.6 Å². The summed E-state index contributed by atoms with van der Waals surface area (Å²) in [5.41, 5.74) is 2.44. The molecule has 2 amide bonds. The highest BCUT2D eigenvalue weighted by Gasteiger charge is 2.12. The average molecular weight is 412 g/mol. The van der Waals surface area contributed by atoms with Crippen LogP contribution in [0.5, 0.6) is 0 Å². The fraction of sp³-hybridized carbons (Fsp3) is 0.227. The van der Waals surface area contributed by atoms with Gasteiger partial charge >= 0.3 is 0 Å². The van der Waals surface area contributed by atoms with Crippen LogP contribution in [0.25, 0.3) is 0 Å². The first-order valence-electron chi connectivity index (χ1n) is 9.40. The monoisotopic (exact) mass is 411 g/mol. The van der Waals surface area contributed by atoms with Gasteiger partial charge in [0.15, 0.2) is 0 Å². The number of amides is 2. The highest BCUT2D eigenvalue weighted by molar-refractivity contribution is 7.09. The van der Waals surface area contributed by atoms with Gasteiger partial charge in [0.25, 0.3) is 5.91 Å². The molecule has 0 aliphatic heterocycles. The molecular formula is C22H22FN3O2S. The van der Waals surface area contributed by atoms with E-state index in [1.807, 2.05) is 31.2 Å². The summed E-state index contributed by atoms with van der Waals surface area (Å²) >= 11 is 1.33. The number of rotatable bonds is 8. The van der Waals surface area contributed by atoms with Gasteiger partial charge in [-0.2, -0.15) is 0 Å². The molecule has 29 heavy (non-hydrogen) atoms. The van der Waals surface area contributed by atoms with Crippen LogP contribution in [0, 0.1) is 5.82 Å². The number of benzene rings is 2. The first-order valence-corrected chi connectivity index (χ1v) is 10.3. The number of nitrogens with one attached hydrogen (secondary N) is 2. The number of aromatic nitrogens is 1. The summed E-state index contributed by atoms with van der Waals surface area (Å²) in [7, 11) is 0. The molecule has 2 aromatic carbocycles. The lowest BCUT2D eigenvalue weighted by Gasteiger charge is -2.08. The van der Waals surface area contributed by atoms with E-state index in [4.69, 9.17) is 0 Å². The van der Waals surface area contributed by atoms with Gasteiger partial charge < -0.3 is 10.6 Å². The van der Waals surface area contributed by atoms with E-state index >= 15 is 0 Å². The molecule has 3 rings (SSSR count). The molecule has 0 saturated carbocycles. The molecule has 1 heterocycles. The Morgan fingerprint density at radius 2 is 1.97 bits per heavy atom. The van der Waals surface area contributed by atoms with E-state index < -0.39 is 0 Å². The summed E-state index contributed by atoms with van der Waals surface area (Å²) in [4.78, 5) is 28.4. The highest BCUT2D eigenvalue weighted by atomic mass is 32.1. The van der Waals surface area contributed by atoms with Crippen molar-refractivity contribution >= 4 is 28.8 Å². The fourth-order valence-electron chi connectivity index (χ4n) is 2.78. The van der Waals surface area contributed by atoms with Crippen molar-refractivity contribution in [1.82, 2.24) is 10.3 Å². The van der Waals surface area contributed by atoms with E-state index in [1.165, 1.54) is 17.4 Å². The van der Waals surface area contributed by atoms with Gasteiger partial charge in [0, 0.05) is 30.5 Å². The maximum atomic E-state index is 13.8. The van der Waals surface area contributed by atoms with E-state index in [-0.39, 0.29) is 17.6 Å². The molecule has 0 bridgehead atoms. The number of carbonyl (C=O) groups excluding carboxylic acids is 2. The van der Waals surface area contributed by atoms with Gasteiger partial charge in [0.05, 0.1) is 5.01 Å². The molecule has 7 heteroatoms. The highest BCUT2D eigenvalue weighted by Crippen LogP contribution is 2.17. The molecule has 0 spiro atoms. The van der Waals surface area contributed by atoms with E-state index in [0.29, 0.717) is 41.3 Å². The first kappa shape index (κ1) is 20.7. The third kappa shape index (κ3) is 5.96. The predicted octanol–water partition coefficient (Wildman–Crippen LogP) is 4.54. The minimum atomic E-state index is -0.290. The van der Waals surface area contributed by atoms with Crippen molar-refractivity contribution in [3.8, 4) is 0 Å². The number of halogens is 1. The van der Waals surface area contributed by atoms with Crippen LogP contribution in [0.4, 0.5) is 10.1 Å². The van der Waals surface area contributed by atoms with Crippen LogP contribution in [-0.4, -0.2) is 16.8 Å². The second-order valence-electron chi connectivity index (χ2n) is 6.58. The van der Waals surface area contributed by atoms with Crippen LogP contribution in [-0.2, 0) is 17.8 Å². The molecule has 0 unspecified atom stereocenters. The van der Waals surface area contributed by atoms with Crippen LogP contribution >= 0.6 is 11.3 Å². The normalized spacial score (nSPS) is 10.6. The molecule has 0 saturated heterocycles. The third-order valence-electron chi connectivity index (χ3n) is 4.22. The van der Waals surface area contributed by atoms with Crippen molar-refractivity contribution in [2.24, 2.45) is 0 Å². The molecule has 1 aromatic heterocycles. The maximum Gasteiger partial charge on any atom is 0.271 e. The summed E-state index contributed by atoms with van der Waals surface area (Å²) < 4.78 is 13.8. The Kier molecular flexibility index (Phi) is 7.08. The Balaban J connectivity index is 1.57. The van der Waals surface area contributed by atoms with Gasteiger partial charge in [-0.05, 0) is 35.7 Å². The number of anilines is 1. The Bertz CT molecular complexity index is 1000. The molecule has 0 radical (unpaired) electrons. The second-order valence-corrected chi connectivity index (χ2v) is 7.52. The standard InChI is InChI=1S/C22H22FN3O2S/c1-2-6-20(27)25-17-9-5-7-15(11-17)13-24-22(28)19-14-29-21(26-19)12-16-8-3-4-10-18(16)23/h3-5,7-11,14H,2,6,12-13H2,1H3,(H,24,28)(H,25,27). The second kappa shape index (κ2) is 9.93. The number of carbonyl (C=O) groups is 2. The summed E-state index contributed by atoms with van der Waals surface area (Å²) in [5.74, 6) is -0.598. The van der Waals surface area contributed by atoms with Crippen molar-refractivity contribution in [3.63, 3.8) is 0 Å². The average Bonchev–Trinajstić information content (AvgIpc) is 3.17. The van der Waals surface area contributed by atoms with Gasteiger partial charge in [-0.1, -0.05) is 37.3 Å². The van der Waals surface area contributed by atoms with Crippen molar-refractivity contribution < 1.29 is 14.0 Å². The third-order valence-corrected chi connectivity index (χ3v) is 5.07. The molecular weight excluding hydrogens is 389 g/mol. The van der Waals surface area contributed by atoms with Crippen LogP contribution in [0.1, 0.15) is 46.4 Å². The zero-order chi connectivity index (χ0) is 20.6. The van der Waals surface area contributed by atoms with Gasteiger partial charge in [-0.15, -0.1) is 11.3 Å². The quantitative estimate of drug-likeness (QED) is 0.572. The van der Waals surface area contributed by atoms with Gasteiger partial charge in [-0.3, -0.25) is 9.59 Å². The van der Waals surface area contributed by atoms with Crippen LogP contribution in [0.2, 0.25) is 0 Å². The van der Waals surface area contributed by atoms with Crippen molar-refractivity contribution in [2.45, 2.75) is 32.7 Å². The van der Waals surface area contributed by atoms with E-state index in [1.54, 1.807) is 23.6 Å². The first-order chi connectivity index (χ1) is 14.0. The SMILES string of the molecule is CCCC(=O)Nc1cccc(CNC(=O)c2csc(Cc3ccccc3F)n2)c1. The topological polar surface area (TPSA) is 71.1 Å². The molecule has 0 atom stereocenters. The number of thiazole rings is 1. The minimum Gasteiger partial charge on any atom is -0.347 e. The lowest BCUT2D eigenvalue weighted by Crippen LogP contribution is -2.23. The largest absolute Gasteiger partial charge is 0.347 e. The Hall–Kier alpha value is -3.06. The molecule has 150 valence electrons. The van der Waals surface area contributed by atoms with Gasteiger partial charge in [-0.25, -0.2) is 9.37 Å². The van der Waals surface area contributed by atoms with Crippen molar-refractivity contribution in [1.29, 1.82) is 0 Å². The van der Waals surface area contributed by atoms with Crippen molar-refractivity contribution in [3.05, 3.63) is 81.6 Å². The van der Waals surface area contributed by atoms with Gasteiger partial charge in [0.2, 0.25) is 5.91 Å². The van der Waals surface area contributed by atoms with Gasteiger partial charge in [0.1, 0.15) is 11.5 Å². The molecule has 3 aromatic rings. The maximum absolute atomic E-state index is 13.8. The smallest absolute Gasteiger partial charge is 0.271 e. The fourth-order valence-corrected chi connectivity index (χ4v) is 3.58. The Morgan fingerprint density at radius 3 is 2.76 bits per heavy atom. The summed E-state index contributed by atoms with van der Waals surface area (Å²) in [6, 6.07) is 13.9. The zero-order valence-electron chi connectivity index (χ0n) is 16.1. The zero-order valence-corrected chi connectivity index (χ0v) is 16.9. The Labute approximate surface area is 173 Å². The predicted molar refractivity (Wildman–Crippen MR) is 112 cm³/mol. The van der Waals surface area contributed by atoms with E-state index in [0.717, 1.165) is 12.0 Å². The molecule has 0 aliphatic rings. The lowest BCUT2D eigenvalue weighted by atomic mass is 10.1. The van der Waals surface area contributed by atoms with Crippen LogP contribution in [0.3, 0.4) is 0 Å². The molecule has 0 aliphatic carbocycles. The minimum absolute atomic E-state index is 0.0291. The molecule has 2 N–H and O–H groups in total. The van der Waals surface area contributed by atoms with Crippen LogP contribution < -0.4 is 10.6 Å². The summed E-state index contributed by atoms with van der Waals surface area (Å²) in [6.45, 7) is 2.27.